The maximum atomic E-state index is 12.9. The summed E-state index contributed by atoms with van der Waals surface area (Å²) >= 11 is 0. The van der Waals surface area contributed by atoms with E-state index in [1.54, 1.807) is 0 Å². The van der Waals surface area contributed by atoms with Gasteiger partial charge in [0.1, 0.15) is 0 Å². The highest BCUT2D eigenvalue weighted by Crippen LogP contribution is 2.50. The van der Waals surface area contributed by atoms with Gasteiger partial charge in [-0.2, -0.15) is 0 Å². The molecule has 0 bridgehead atoms. The molecule has 0 unspecified atom stereocenters. The van der Waals surface area contributed by atoms with Crippen LogP contribution in [0.5, 0.6) is 0 Å². The molecule has 2 aromatic carbocycles. The minimum absolute atomic E-state index is 0.179. The molecule has 0 aromatic heterocycles. The Balaban J connectivity index is 1.73. The number of hydrogen-bond donors (Lipinski definition) is 0. The molecule has 1 fully saturated rings. The maximum absolute atomic E-state index is 12.9. The van der Waals surface area contributed by atoms with E-state index in [9.17, 15) is 4.89 Å². The van der Waals surface area contributed by atoms with Gasteiger partial charge < -0.3 is 4.89 Å². The van der Waals surface area contributed by atoms with E-state index in [0.29, 0.717) is 0 Å². The fourth-order valence-electron chi connectivity index (χ4n) is 3.01. The van der Waals surface area contributed by atoms with E-state index in [-0.39, 0.29) is 12.1 Å². The lowest BCUT2D eigenvalue weighted by Crippen LogP contribution is -2.27. The predicted molar refractivity (Wildman–Crippen MR) is 90.0 cm³/mol. The zero-order valence-electron chi connectivity index (χ0n) is 13.1. The zero-order chi connectivity index (χ0) is 15.5. The van der Waals surface area contributed by atoms with Gasteiger partial charge >= 0.3 is 0 Å². The molecule has 3 nitrogen and oxygen atoms in total. The second-order valence-corrected chi connectivity index (χ2v) is 7.29. The molecule has 0 amide bonds. The molecule has 0 spiro atoms. The van der Waals surface area contributed by atoms with Gasteiger partial charge in [0, 0.05) is 25.2 Å². The molecule has 1 aliphatic rings. The number of benzene rings is 2. The SMILES string of the molecule is C[C@H](c1ccccc1)N1CCN([C@H](C)c2ccccc2)P1[O-]. The Hall–Kier alpha value is -1.25. The molecular formula is C18H22N2OP-. The van der Waals surface area contributed by atoms with Crippen LogP contribution in [0.3, 0.4) is 0 Å². The Kier molecular flexibility index (Phi) is 4.90. The molecule has 2 aromatic rings. The standard InChI is InChI=1S/C18H22N2OP/c1-15(17-9-5-3-6-10-17)19-13-14-20(22(19)21)16(2)18-11-7-4-8-12-18/h3-12,15-16H,13-14H2,1-2H3/q-1/t15-,16-/m1/s1. The van der Waals surface area contributed by atoms with Crippen LogP contribution in [0.1, 0.15) is 37.1 Å². The van der Waals surface area contributed by atoms with E-state index in [0.717, 1.165) is 13.1 Å². The van der Waals surface area contributed by atoms with Gasteiger partial charge in [0.2, 0.25) is 0 Å². The third kappa shape index (κ3) is 3.09. The van der Waals surface area contributed by atoms with Gasteiger partial charge in [-0.1, -0.05) is 69.1 Å². The van der Waals surface area contributed by atoms with Crippen molar-refractivity contribution in [2.24, 2.45) is 0 Å². The van der Waals surface area contributed by atoms with Crippen LogP contribution in [-0.2, 0) is 0 Å². The third-order valence-electron chi connectivity index (χ3n) is 4.46. The molecular weight excluding hydrogens is 291 g/mol. The highest BCUT2D eigenvalue weighted by molar-refractivity contribution is 7.45. The van der Waals surface area contributed by atoms with Gasteiger partial charge in [0.15, 0.2) is 0 Å². The van der Waals surface area contributed by atoms with Crippen molar-refractivity contribution in [3.63, 3.8) is 0 Å². The normalized spacial score (nSPS) is 20.1. The Bertz CT molecular complexity index is 539. The second kappa shape index (κ2) is 6.89. The van der Waals surface area contributed by atoms with Crippen molar-refractivity contribution in [2.75, 3.05) is 13.1 Å². The average molecular weight is 313 g/mol. The first-order chi connectivity index (χ1) is 10.7. The lowest BCUT2D eigenvalue weighted by atomic mass is 10.1. The molecule has 3 rings (SSSR count). The summed E-state index contributed by atoms with van der Waals surface area (Å²) < 4.78 is 4.23. The minimum atomic E-state index is -1.50. The smallest absolute Gasteiger partial charge is 0.0357 e. The molecule has 1 heterocycles. The summed E-state index contributed by atoms with van der Waals surface area (Å²) in [4.78, 5) is 12.9. The molecule has 1 aliphatic heterocycles. The Morgan fingerprint density at radius 1 is 0.773 bits per heavy atom. The van der Waals surface area contributed by atoms with Crippen LogP contribution in [0.2, 0.25) is 0 Å². The van der Waals surface area contributed by atoms with Crippen molar-refractivity contribution in [1.82, 2.24) is 9.34 Å². The van der Waals surface area contributed by atoms with E-state index in [2.05, 4.69) is 47.5 Å². The van der Waals surface area contributed by atoms with E-state index < -0.39 is 8.45 Å². The van der Waals surface area contributed by atoms with E-state index in [1.807, 2.05) is 36.4 Å². The van der Waals surface area contributed by atoms with Gasteiger partial charge in [-0.25, -0.2) is 0 Å². The monoisotopic (exact) mass is 313 g/mol. The van der Waals surface area contributed by atoms with Crippen LogP contribution in [-0.4, -0.2) is 22.4 Å². The number of hydrogen-bond acceptors (Lipinski definition) is 3. The molecule has 1 saturated heterocycles. The first-order valence-corrected chi connectivity index (χ1v) is 8.95. The van der Waals surface area contributed by atoms with E-state index in [4.69, 9.17) is 0 Å². The Morgan fingerprint density at radius 3 is 1.50 bits per heavy atom. The molecule has 0 N–H and O–H groups in total. The second-order valence-electron chi connectivity index (χ2n) is 5.75. The molecule has 22 heavy (non-hydrogen) atoms. The summed E-state index contributed by atoms with van der Waals surface area (Å²) in [5.74, 6) is 0. The Morgan fingerprint density at radius 2 is 1.14 bits per heavy atom. The van der Waals surface area contributed by atoms with Crippen LogP contribution in [0, 0.1) is 0 Å². The van der Waals surface area contributed by atoms with Crippen LogP contribution < -0.4 is 4.89 Å². The van der Waals surface area contributed by atoms with Crippen molar-refractivity contribution in [2.45, 2.75) is 25.9 Å². The third-order valence-corrected chi connectivity index (χ3v) is 6.43. The minimum Gasteiger partial charge on any atom is -0.806 e. The van der Waals surface area contributed by atoms with Crippen molar-refractivity contribution in [3.8, 4) is 0 Å². The quantitative estimate of drug-likeness (QED) is 0.806. The highest BCUT2D eigenvalue weighted by Gasteiger charge is 2.31. The summed E-state index contributed by atoms with van der Waals surface area (Å²) in [5.41, 5.74) is 2.44. The van der Waals surface area contributed by atoms with Gasteiger partial charge in [-0.05, 0) is 25.0 Å². The fourth-order valence-corrected chi connectivity index (χ4v) is 4.69. The molecule has 4 heteroatoms. The summed E-state index contributed by atoms with van der Waals surface area (Å²) in [6.07, 6.45) is 0. The molecule has 0 saturated carbocycles. The zero-order valence-corrected chi connectivity index (χ0v) is 14.0. The van der Waals surface area contributed by atoms with Crippen molar-refractivity contribution in [3.05, 3.63) is 71.8 Å². The van der Waals surface area contributed by atoms with Crippen molar-refractivity contribution < 1.29 is 4.89 Å². The van der Waals surface area contributed by atoms with E-state index >= 15 is 0 Å². The Labute approximate surface area is 134 Å². The lowest BCUT2D eigenvalue weighted by Gasteiger charge is -2.41. The van der Waals surface area contributed by atoms with Gasteiger partial charge in [-0.3, -0.25) is 9.34 Å². The van der Waals surface area contributed by atoms with Crippen LogP contribution in [0.25, 0.3) is 0 Å². The van der Waals surface area contributed by atoms with Crippen LogP contribution in [0.15, 0.2) is 60.7 Å². The maximum Gasteiger partial charge on any atom is 0.0357 e. The predicted octanol–water partition coefficient (Wildman–Crippen LogP) is 3.71. The first-order valence-electron chi connectivity index (χ1n) is 7.78. The topological polar surface area (TPSA) is 29.5 Å². The van der Waals surface area contributed by atoms with Gasteiger partial charge in [0.25, 0.3) is 0 Å². The van der Waals surface area contributed by atoms with Crippen molar-refractivity contribution >= 4 is 8.45 Å². The fraction of sp³-hybridized carbons (Fsp3) is 0.333. The number of nitrogens with zero attached hydrogens (tertiary/aromatic N) is 2. The first kappa shape index (κ1) is 15.6. The molecule has 0 radical (unpaired) electrons. The van der Waals surface area contributed by atoms with Gasteiger partial charge in [0.05, 0.1) is 0 Å². The molecule has 0 aliphatic carbocycles. The largest absolute Gasteiger partial charge is 0.806 e. The summed E-state index contributed by atoms with van der Waals surface area (Å²) in [7, 11) is -1.50. The lowest BCUT2D eigenvalue weighted by molar-refractivity contribution is -0.180. The van der Waals surface area contributed by atoms with Gasteiger partial charge in [-0.15, -0.1) is 0 Å². The summed E-state index contributed by atoms with van der Waals surface area (Å²) in [6, 6.07) is 21.0. The van der Waals surface area contributed by atoms with Crippen LogP contribution in [0.4, 0.5) is 0 Å². The van der Waals surface area contributed by atoms with Crippen molar-refractivity contribution in [1.29, 1.82) is 0 Å². The highest BCUT2D eigenvalue weighted by atomic mass is 31.2. The van der Waals surface area contributed by atoms with Crippen LogP contribution >= 0.6 is 8.45 Å². The summed E-state index contributed by atoms with van der Waals surface area (Å²) in [6.45, 7) is 5.98. The summed E-state index contributed by atoms with van der Waals surface area (Å²) in [5, 5.41) is 0. The van der Waals surface area contributed by atoms with E-state index in [1.165, 1.54) is 11.1 Å². The average Bonchev–Trinajstić information content (AvgIpc) is 2.96. The molecule has 116 valence electrons. The molecule has 2 atom stereocenters. The number of rotatable bonds is 4.